The molecule has 1 N–H and O–H groups in total. The number of hydrogen-bond acceptors (Lipinski definition) is 5. The molecular weight excluding hydrogens is 326 g/mol. The molecule has 2 heterocycles. The smallest absolute Gasteiger partial charge is 0.161 e. The van der Waals surface area contributed by atoms with Gasteiger partial charge in [-0.25, -0.2) is 0 Å². The highest BCUT2D eigenvalue weighted by molar-refractivity contribution is 5.43. The van der Waals surface area contributed by atoms with Crippen LogP contribution in [0.2, 0.25) is 0 Å². The zero-order valence-corrected chi connectivity index (χ0v) is 15.8. The third-order valence-electron chi connectivity index (χ3n) is 4.95. The van der Waals surface area contributed by atoms with Crippen molar-refractivity contribution >= 4 is 0 Å². The molecule has 1 unspecified atom stereocenters. The van der Waals surface area contributed by atoms with E-state index in [1.807, 2.05) is 18.2 Å². The molecule has 140 valence electrons. The molecule has 0 saturated carbocycles. The number of ether oxygens (including phenoxy) is 2. The number of benzene rings is 1. The predicted molar refractivity (Wildman–Crippen MR) is 103 cm³/mol. The van der Waals surface area contributed by atoms with Crippen LogP contribution in [-0.4, -0.2) is 43.2 Å². The number of rotatable bonds is 9. The predicted octanol–water partition coefficient (Wildman–Crippen LogP) is 3.10. The Morgan fingerprint density at radius 2 is 2.00 bits per heavy atom. The highest BCUT2D eigenvalue weighted by Gasteiger charge is 2.20. The van der Waals surface area contributed by atoms with Crippen LogP contribution in [0, 0.1) is 5.92 Å². The summed E-state index contributed by atoms with van der Waals surface area (Å²) in [6.07, 6.45) is 4.84. The van der Waals surface area contributed by atoms with Gasteiger partial charge in [-0.05, 0) is 67.4 Å². The average molecular weight is 355 g/mol. The lowest BCUT2D eigenvalue weighted by Crippen LogP contribution is -2.26. The highest BCUT2D eigenvalue weighted by atomic mass is 16.5. The quantitative estimate of drug-likeness (QED) is 0.749. The summed E-state index contributed by atoms with van der Waals surface area (Å²) >= 11 is 0. The summed E-state index contributed by atoms with van der Waals surface area (Å²) in [5, 5.41) is 3.59. The summed E-state index contributed by atoms with van der Waals surface area (Å²) in [5.41, 5.74) is 2.30. The fourth-order valence-corrected chi connectivity index (χ4v) is 3.37. The topological polar surface area (TPSA) is 46.6 Å². The van der Waals surface area contributed by atoms with Crippen LogP contribution < -0.4 is 14.8 Å². The molecule has 1 atom stereocenters. The molecule has 0 radical (unpaired) electrons. The van der Waals surface area contributed by atoms with Crippen molar-refractivity contribution in [3.8, 4) is 11.5 Å². The van der Waals surface area contributed by atoms with E-state index in [2.05, 4.69) is 34.3 Å². The maximum absolute atomic E-state index is 5.90. The Labute approximate surface area is 156 Å². The molecule has 0 spiro atoms. The Balaban J connectivity index is 1.50. The zero-order valence-electron chi connectivity index (χ0n) is 15.8. The van der Waals surface area contributed by atoms with Gasteiger partial charge in [-0.1, -0.05) is 13.0 Å². The minimum atomic E-state index is 0.506. The summed E-state index contributed by atoms with van der Waals surface area (Å²) in [6.45, 7) is 8.28. The first-order valence-electron chi connectivity index (χ1n) is 9.40. The molecule has 1 aliphatic heterocycles. The van der Waals surface area contributed by atoms with Crippen LogP contribution in [0.25, 0.3) is 0 Å². The third kappa shape index (κ3) is 5.19. The van der Waals surface area contributed by atoms with Crippen LogP contribution in [0.4, 0.5) is 0 Å². The van der Waals surface area contributed by atoms with E-state index < -0.39 is 0 Å². The summed E-state index contributed by atoms with van der Waals surface area (Å²) in [6, 6.07) is 10.1. The molecule has 5 nitrogen and oxygen atoms in total. The van der Waals surface area contributed by atoms with E-state index in [0.29, 0.717) is 6.61 Å². The number of nitrogens with one attached hydrogen (secondary N) is 1. The number of likely N-dealkylation sites (tertiary alicyclic amines) is 1. The highest BCUT2D eigenvalue weighted by Crippen LogP contribution is 2.29. The largest absolute Gasteiger partial charge is 0.493 e. The van der Waals surface area contributed by atoms with Gasteiger partial charge < -0.3 is 19.7 Å². The van der Waals surface area contributed by atoms with E-state index in [1.54, 1.807) is 19.5 Å². The lowest BCUT2D eigenvalue weighted by atomic mass is 10.1. The van der Waals surface area contributed by atoms with Crippen molar-refractivity contribution < 1.29 is 9.47 Å². The van der Waals surface area contributed by atoms with Crippen molar-refractivity contribution in [1.29, 1.82) is 0 Å². The molecule has 0 bridgehead atoms. The number of pyridine rings is 1. The minimum Gasteiger partial charge on any atom is -0.493 e. The Morgan fingerprint density at radius 3 is 2.73 bits per heavy atom. The van der Waals surface area contributed by atoms with Gasteiger partial charge in [0, 0.05) is 25.5 Å². The summed E-state index contributed by atoms with van der Waals surface area (Å²) < 4.78 is 11.4. The molecule has 3 rings (SSSR count). The van der Waals surface area contributed by atoms with Gasteiger partial charge in [0.05, 0.1) is 7.11 Å². The maximum Gasteiger partial charge on any atom is 0.161 e. The number of aromatic nitrogens is 1. The van der Waals surface area contributed by atoms with Crippen LogP contribution in [-0.2, 0) is 13.2 Å². The molecule has 1 aromatic heterocycles. The summed E-state index contributed by atoms with van der Waals surface area (Å²) in [4.78, 5) is 6.54. The van der Waals surface area contributed by atoms with Crippen LogP contribution in [0.15, 0.2) is 42.7 Å². The zero-order chi connectivity index (χ0) is 18.2. The maximum atomic E-state index is 5.90. The van der Waals surface area contributed by atoms with Crippen LogP contribution >= 0.6 is 0 Å². The van der Waals surface area contributed by atoms with Crippen LogP contribution in [0.5, 0.6) is 11.5 Å². The number of hydrogen-bond donors (Lipinski definition) is 1. The van der Waals surface area contributed by atoms with Gasteiger partial charge in [0.25, 0.3) is 0 Å². The van der Waals surface area contributed by atoms with E-state index in [1.165, 1.54) is 25.1 Å². The van der Waals surface area contributed by atoms with Gasteiger partial charge in [-0.2, -0.15) is 0 Å². The molecule has 1 fully saturated rings. The van der Waals surface area contributed by atoms with Gasteiger partial charge in [0.1, 0.15) is 6.61 Å². The van der Waals surface area contributed by atoms with Crippen molar-refractivity contribution in [2.45, 2.75) is 26.5 Å². The van der Waals surface area contributed by atoms with Gasteiger partial charge in [-0.15, -0.1) is 0 Å². The van der Waals surface area contributed by atoms with E-state index in [4.69, 9.17) is 9.47 Å². The van der Waals surface area contributed by atoms with Gasteiger partial charge in [-0.3, -0.25) is 4.98 Å². The van der Waals surface area contributed by atoms with Crippen molar-refractivity contribution in [3.05, 3.63) is 53.9 Å². The van der Waals surface area contributed by atoms with Crippen molar-refractivity contribution in [3.63, 3.8) is 0 Å². The normalized spacial score (nSPS) is 17.4. The Morgan fingerprint density at radius 1 is 1.15 bits per heavy atom. The number of methoxy groups -OCH3 is 1. The molecule has 1 saturated heterocycles. The Kier molecular flexibility index (Phi) is 6.86. The molecule has 1 aromatic carbocycles. The van der Waals surface area contributed by atoms with E-state index in [-0.39, 0.29) is 0 Å². The first kappa shape index (κ1) is 18.7. The second kappa shape index (κ2) is 9.55. The van der Waals surface area contributed by atoms with Crippen molar-refractivity contribution in [1.82, 2.24) is 15.2 Å². The van der Waals surface area contributed by atoms with E-state index >= 15 is 0 Å². The average Bonchev–Trinajstić information content (AvgIpc) is 3.15. The molecular formula is C21H29N3O2. The summed E-state index contributed by atoms with van der Waals surface area (Å²) in [7, 11) is 1.68. The Bertz CT molecular complexity index is 678. The second-order valence-corrected chi connectivity index (χ2v) is 6.81. The summed E-state index contributed by atoms with van der Waals surface area (Å²) in [5.74, 6) is 2.30. The molecule has 5 heteroatoms. The standard InChI is InChI=1S/C21H29N3O2/c1-3-24-11-8-19(15-24)14-23-13-18-4-5-20(21(12-18)25-2)26-16-17-6-9-22-10-7-17/h4-7,9-10,12,19,23H,3,8,11,13-16H2,1-2H3. The molecule has 2 aromatic rings. The van der Waals surface area contributed by atoms with Crippen molar-refractivity contribution in [2.75, 3.05) is 33.3 Å². The monoisotopic (exact) mass is 355 g/mol. The minimum absolute atomic E-state index is 0.506. The molecule has 0 amide bonds. The first-order chi connectivity index (χ1) is 12.8. The third-order valence-corrected chi connectivity index (χ3v) is 4.95. The van der Waals surface area contributed by atoms with Gasteiger partial charge in [0.15, 0.2) is 11.5 Å². The van der Waals surface area contributed by atoms with Crippen LogP contribution in [0.3, 0.4) is 0 Å². The SMILES string of the molecule is CCN1CCC(CNCc2ccc(OCc3ccncc3)c(OC)c2)C1. The second-order valence-electron chi connectivity index (χ2n) is 6.81. The van der Waals surface area contributed by atoms with E-state index in [9.17, 15) is 0 Å². The lowest BCUT2D eigenvalue weighted by Gasteiger charge is -2.15. The fourth-order valence-electron chi connectivity index (χ4n) is 3.37. The van der Waals surface area contributed by atoms with Gasteiger partial charge in [0.2, 0.25) is 0 Å². The molecule has 0 aliphatic carbocycles. The van der Waals surface area contributed by atoms with Gasteiger partial charge >= 0.3 is 0 Å². The fraction of sp³-hybridized carbons (Fsp3) is 0.476. The molecule has 1 aliphatic rings. The molecule has 26 heavy (non-hydrogen) atoms. The number of nitrogens with zero attached hydrogens (tertiary/aromatic N) is 2. The lowest BCUT2D eigenvalue weighted by molar-refractivity contribution is 0.284. The first-order valence-corrected chi connectivity index (χ1v) is 9.40. The van der Waals surface area contributed by atoms with Crippen molar-refractivity contribution in [2.24, 2.45) is 5.92 Å². The van der Waals surface area contributed by atoms with Crippen LogP contribution in [0.1, 0.15) is 24.5 Å². The van der Waals surface area contributed by atoms with E-state index in [0.717, 1.165) is 42.6 Å². The Hall–Kier alpha value is -2.11.